The quantitative estimate of drug-likeness (QED) is 0.0995. The van der Waals surface area contributed by atoms with E-state index in [2.05, 4.69) is 24.6 Å². The first-order valence-corrected chi connectivity index (χ1v) is 16.2. The molecule has 2 aromatic heterocycles. The predicted molar refractivity (Wildman–Crippen MR) is 143 cm³/mol. The van der Waals surface area contributed by atoms with Gasteiger partial charge >= 0.3 is 0 Å². The van der Waals surface area contributed by atoms with Crippen LogP contribution in [0.15, 0.2) is 30.6 Å². The smallest absolute Gasteiger partial charge is 0.271 e. The highest BCUT2D eigenvalue weighted by molar-refractivity contribution is 7.80. The van der Waals surface area contributed by atoms with Gasteiger partial charge in [0.1, 0.15) is 24.7 Å². The molecule has 5 nitrogen and oxygen atoms in total. The summed E-state index contributed by atoms with van der Waals surface area (Å²) in [6.45, 7) is 6.28. The van der Waals surface area contributed by atoms with Gasteiger partial charge in [0.15, 0.2) is 17.4 Å². The first-order valence-electron chi connectivity index (χ1n) is 11.7. The van der Waals surface area contributed by atoms with E-state index in [1.54, 1.807) is 10.8 Å². The Morgan fingerprint density at radius 1 is 1.22 bits per heavy atom. The Kier molecular flexibility index (Phi) is 9.73. The van der Waals surface area contributed by atoms with E-state index in [9.17, 15) is 17.6 Å². The van der Waals surface area contributed by atoms with E-state index < -0.39 is 44.4 Å². The first kappa shape index (κ1) is 29.5. The van der Waals surface area contributed by atoms with Crippen molar-refractivity contribution < 1.29 is 32.1 Å². The molecule has 0 radical (unpaired) electrons. The number of alkyl halides is 2. The van der Waals surface area contributed by atoms with Crippen molar-refractivity contribution in [1.82, 2.24) is 9.55 Å². The minimum Gasteiger partial charge on any atom is -0.450 e. The average molecular weight is 577 g/mol. The largest absolute Gasteiger partial charge is 0.450 e. The number of pyridine rings is 1. The van der Waals surface area contributed by atoms with Gasteiger partial charge in [0.2, 0.25) is 0 Å². The van der Waals surface area contributed by atoms with Crippen molar-refractivity contribution in [2.45, 2.75) is 57.6 Å². The third kappa shape index (κ3) is 8.21. The summed E-state index contributed by atoms with van der Waals surface area (Å²) >= 11 is 11.5. The molecule has 0 aliphatic rings. The average Bonchev–Trinajstić information content (AvgIpc) is 3.13. The molecular weight excluding hydrogens is 548 g/mol. The van der Waals surface area contributed by atoms with Gasteiger partial charge in [-0.15, -0.1) is 0 Å². The van der Waals surface area contributed by atoms with E-state index in [0.717, 1.165) is 18.2 Å². The molecule has 0 aliphatic carbocycles. The highest BCUT2D eigenvalue weighted by Gasteiger charge is 2.27. The van der Waals surface area contributed by atoms with Crippen LogP contribution in [-0.4, -0.2) is 46.7 Å². The standard InChI is InChI=1S/C25H29ClF4N2O3SSi/c1-37(2,3)9-8-34-15-32-13-18(26)22-21(5-7-31-24(22)32)35-23-19(27)11-16(12-20(23)28)10-17(36)4-6-25(29,30)14-33/h5,7,11-13,33H,4,6,8-10,14-15H2,1-3H3. The van der Waals surface area contributed by atoms with E-state index >= 15 is 0 Å². The Morgan fingerprint density at radius 3 is 2.51 bits per heavy atom. The predicted octanol–water partition coefficient (Wildman–Crippen LogP) is 7.39. The van der Waals surface area contributed by atoms with Crippen molar-refractivity contribution in [3.05, 3.63) is 52.8 Å². The van der Waals surface area contributed by atoms with Gasteiger partial charge in [-0.3, -0.25) is 0 Å². The highest BCUT2D eigenvalue weighted by atomic mass is 35.5. The number of fused-ring (bicyclic) bond motifs is 1. The number of aliphatic hydroxyl groups excluding tert-OH is 1. The number of hydrogen-bond donors (Lipinski definition) is 1. The lowest BCUT2D eigenvalue weighted by Gasteiger charge is -2.15. The number of rotatable bonds is 13. The zero-order valence-corrected chi connectivity index (χ0v) is 23.4. The van der Waals surface area contributed by atoms with Crippen molar-refractivity contribution in [2.75, 3.05) is 13.2 Å². The Morgan fingerprint density at radius 2 is 1.89 bits per heavy atom. The third-order valence-corrected chi connectivity index (χ3v) is 7.91. The molecule has 0 saturated heterocycles. The third-order valence-electron chi connectivity index (χ3n) is 5.57. The lowest BCUT2D eigenvalue weighted by Crippen LogP contribution is -2.22. The fourth-order valence-corrected chi connectivity index (χ4v) is 4.82. The number of hydrogen-bond acceptors (Lipinski definition) is 5. The van der Waals surface area contributed by atoms with Gasteiger partial charge in [-0.25, -0.2) is 22.5 Å². The Balaban J connectivity index is 1.75. The summed E-state index contributed by atoms with van der Waals surface area (Å²) in [4.78, 5) is 4.51. The maximum Gasteiger partial charge on any atom is 0.271 e. The second-order valence-electron chi connectivity index (χ2n) is 10.0. The molecule has 0 unspecified atom stereocenters. The first-order chi connectivity index (χ1) is 17.3. The summed E-state index contributed by atoms with van der Waals surface area (Å²) in [5.41, 5.74) is 0.622. The second-order valence-corrected chi connectivity index (χ2v) is 16.6. The van der Waals surface area contributed by atoms with Crippen LogP contribution in [0.25, 0.3) is 11.0 Å². The van der Waals surface area contributed by atoms with Gasteiger partial charge in [-0.05, 0) is 41.1 Å². The molecule has 0 spiro atoms. The van der Waals surface area contributed by atoms with Crippen molar-refractivity contribution in [3.8, 4) is 11.5 Å². The van der Waals surface area contributed by atoms with Crippen molar-refractivity contribution in [3.63, 3.8) is 0 Å². The molecule has 37 heavy (non-hydrogen) atoms. The van der Waals surface area contributed by atoms with Gasteiger partial charge in [-0.2, -0.15) is 0 Å². The number of benzene rings is 1. The van der Waals surface area contributed by atoms with Crippen LogP contribution in [0.5, 0.6) is 11.5 Å². The summed E-state index contributed by atoms with van der Waals surface area (Å²) in [6.07, 6.45) is 2.18. The van der Waals surface area contributed by atoms with Crippen molar-refractivity contribution >= 4 is 47.8 Å². The van der Waals surface area contributed by atoms with Crippen LogP contribution in [0.1, 0.15) is 18.4 Å². The van der Waals surface area contributed by atoms with E-state index in [4.69, 9.17) is 38.4 Å². The van der Waals surface area contributed by atoms with Crippen molar-refractivity contribution in [2.24, 2.45) is 0 Å². The molecule has 0 bridgehead atoms. The number of thiocarbonyl (C=S) groups is 1. The van der Waals surface area contributed by atoms with Crippen LogP contribution in [0, 0.1) is 11.6 Å². The molecule has 2 heterocycles. The monoisotopic (exact) mass is 576 g/mol. The zero-order valence-electron chi connectivity index (χ0n) is 20.8. The van der Waals surface area contributed by atoms with Crippen LogP contribution in [0.4, 0.5) is 17.6 Å². The van der Waals surface area contributed by atoms with Gasteiger partial charge in [-0.1, -0.05) is 43.5 Å². The van der Waals surface area contributed by atoms with E-state index in [1.807, 2.05) is 0 Å². The summed E-state index contributed by atoms with van der Waals surface area (Å²) < 4.78 is 69.2. The van der Waals surface area contributed by atoms with Crippen molar-refractivity contribution in [1.29, 1.82) is 0 Å². The molecule has 0 saturated carbocycles. The topological polar surface area (TPSA) is 56.5 Å². The Hall–Kier alpha value is -2.05. The molecule has 3 rings (SSSR count). The molecule has 0 aliphatic heterocycles. The van der Waals surface area contributed by atoms with E-state index in [0.29, 0.717) is 17.6 Å². The molecule has 1 aromatic carbocycles. The number of aliphatic hydroxyl groups is 1. The van der Waals surface area contributed by atoms with Crippen LogP contribution >= 0.6 is 23.8 Å². The maximum absolute atomic E-state index is 14.9. The van der Waals surface area contributed by atoms with Gasteiger partial charge in [0, 0.05) is 39.9 Å². The second kappa shape index (κ2) is 12.2. The van der Waals surface area contributed by atoms with E-state index in [1.165, 1.54) is 12.3 Å². The molecule has 202 valence electrons. The Labute approximate surface area is 224 Å². The van der Waals surface area contributed by atoms with Gasteiger partial charge in [0.25, 0.3) is 5.92 Å². The summed E-state index contributed by atoms with van der Waals surface area (Å²) in [6, 6.07) is 4.54. The van der Waals surface area contributed by atoms with Crippen LogP contribution < -0.4 is 4.74 Å². The van der Waals surface area contributed by atoms with Crippen LogP contribution in [-0.2, 0) is 17.9 Å². The van der Waals surface area contributed by atoms with Crippen LogP contribution in [0.2, 0.25) is 30.7 Å². The van der Waals surface area contributed by atoms with Crippen LogP contribution in [0.3, 0.4) is 0 Å². The highest BCUT2D eigenvalue weighted by Crippen LogP contribution is 2.37. The van der Waals surface area contributed by atoms with Gasteiger partial charge < -0.3 is 19.1 Å². The minimum atomic E-state index is -3.26. The zero-order chi connectivity index (χ0) is 27.4. The summed E-state index contributed by atoms with van der Waals surface area (Å²) in [5.74, 6) is -5.73. The number of aromatic nitrogens is 2. The molecule has 0 fully saturated rings. The SMILES string of the molecule is C[Si](C)(C)CCOCn1cc(Cl)c2c(Oc3c(F)cc(CC(=S)CCC(F)(F)CO)cc3F)ccnc21. The molecule has 0 amide bonds. The Bertz CT molecular complexity index is 1240. The lowest BCUT2D eigenvalue weighted by atomic mass is 10.0. The molecule has 0 atom stereocenters. The molecule has 3 aromatic rings. The van der Waals surface area contributed by atoms with E-state index in [-0.39, 0.29) is 40.8 Å². The van der Waals surface area contributed by atoms with Gasteiger partial charge in [0.05, 0.1) is 10.4 Å². The number of nitrogens with zero attached hydrogens (tertiary/aromatic N) is 2. The maximum atomic E-state index is 14.9. The normalized spacial score (nSPS) is 12.4. The lowest BCUT2D eigenvalue weighted by molar-refractivity contribution is -0.0544. The fraction of sp³-hybridized carbons (Fsp3) is 0.440. The number of ether oxygens (including phenoxy) is 2. The number of halogens is 5. The molecule has 12 heteroatoms. The fourth-order valence-electron chi connectivity index (χ4n) is 3.50. The summed E-state index contributed by atoms with van der Waals surface area (Å²) in [7, 11) is -1.25. The molecular formula is C25H29ClF4N2O3SSi. The minimum absolute atomic E-state index is 0.0726. The summed E-state index contributed by atoms with van der Waals surface area (Å²) in [5, 5.41) is 9.32. The molecule has 1 N–H and O–H groups in total.